The zero-order chi connectivity index (χ0) is 27.1. The molecule has 0 aliphatic heterocycles. The molecule has 0 N–H and O–H groups in total. The summed E-state index contributed by atoms with van der Waals surface area (Å²) in [5, 5.41) is 0. The monoisotopic (exact) mass is 512 g/mol. The van der Waals surface area contributed by atoms with Gasteiger partial charge in [0.1, 0.15) is 0 Å². The van der Waals surface area contributed by atoms with Gasteiger partial charge >= 0.3 is 0 Å². The third-order valence-corrected chi connectivity index (χ3v) is 6.78. The van der Waals surface area contributed by atoms with Crippen LogP contribution in [0.15, 0.2) is 70.7 Å². The number of aliphatic imine (C=N–C) groups is 2. The molecule has 0 amide bonds. The van der Waals surface area contributed by atoms with E-state index in [1.54, 1.807) is 0 Å². The lowest BCUT2D eigenvalue weighted by Gasteiger charge is -2.04. The van der Waals surface area contributed by atoms with E-state index in [1.165, 1.54) is 81.8 Å². The van der Waals surface area contributed by atoms with Gasteiger partial charge < -0.3 is 0 Å². The smallest absolute Gasteiger partial charge is 0.0634 e. The van der Waals surface area contributed by atoms with Crippen molar-refractivity contribution in [1.82, 2.24) is 0 Å². The van der Waals surface area contributed by atoms with E-state index in [0.717, 1.165) is 42.8 Å². The minimum absolute atomic E-state index is 0.966. The van der Waals surface area contributed by atoms with E-state index >= 15 is 0 Å². The van der Waals surface area contributed by atoms with Gasteiger partial charge in [-0.2, -0.15) is 0 Å². The summed E-state index contributed by atoms with van der Waals surface area (Å²) in [6, 6.07) is 17.1. The summed E-state index contributed by atoms with van der Waals surface area (Å²) in [4.78, 5) is 9.77. The average Bonchev–Trinajstić information content (AvgIpc) is 2.94. The molecule has 0 spiro atoms. The second kappa shape index (κ2) is 21.2. The number of hydrogen-bond donors (Lipinski definition) is 0. The third kappa shape index (κ3) is 14.9. The van der Waals surface area contributed by atoms with Crippen molar-refractivity contribution in [3.63, 3.8) is 0 Å². The lowest BCUT2D eigenvalue weighted by molar-refractivity contribution is 0.616. The van der Waals surface area contributed by atoms with Gasteiger partial charge in [-0.15, -0.1) is 0 Å². The fraction of sp³-hybridized carbons (Fsp3) is 0.500. The lowest BCUT2D eigenvalue weighted by atomic mass is 10.1. The normalized spacial score (nSPS) is 12.4. The Kier molecular flexibility index (Phi) is 17.6. The molecule has 2 nitrogen and oxygen atoms in total. The maximum Gasteiger partial charge on any atom is 0.0634 e. The van der Waals surface area contributed by atoms with Gasteiger partial charge in [0.25, 0.3) is 0 Å². The maximum absolute atomic E-state index is 4.98. The summed E-state index contributed by atoms with van der Waals surface area (Å²) < 4.78 is 0. The van der Waals surface area contributed by atoms with Gasteiger partial charge in [-0.3, -0.25) is 9.98 Å². The summed E-state index contributed by atoms with van der Waals surface area (Å²) in [6.45, 7) is 6.77. The molecule has 0 saturated carbocycles. The van der Waals surface area contributed by atoms with Gasteiger partial charge in [0.2, 0.25) is 0 Å². The van der Waals surface area contributed by atoms with Gasteiger partial charge in [0, 0.05) is 6.21 Å². The van der Waals surface area contributed by atoms with E-state index < -0.39 is 0 Å². The van der Waals surface area contributed by atoms with Crippen LogP contribution in [0.5, 0.6) is 0 Å². The van der Waals surface area contributed by atoms with Crippen LogP contribution in [-0.4, -0.2) is 11.9 Å². The molecule has 38 heavy (non-hydrogen) atoms. The van der Waals surface area contributed by atoms with Gasteiger partial charge in [-0.05, 0) is 73.9 Å². The molecule has 0 unspecified atom stereocenters. The Morgan fingerprint density at radius 2 is 1.03 bits per heavy atom. The van der Waals surface area contributed by atoms with E-state index in [9.17, 15) is 0 Å². The van der Waals surface area contributed by atoms with Crippen LogP contribution in [0.3, 0.4) is 0 Å². The van der Waals surface area contributed by atoms with Crippen LogP contribution in [0.2, 0.25) is 0 Å². The van der Waals surface area contributed by atoms with E-state index in [4.69, 9.17) is 9.98 Å². The van der Waals surface area contributed by atoms with E-state index in [2.05, 4.69) is 93.6 Å². The van der Waals surface area contributed by atoms with Crippen molar-refractivity contribution in [3.8, 4) is 0 Å². The van der Waals surface area contributed by atoms with Crippen molar-refractivity contribution < 1.29 is 0 Å². The fourth-order valence-electron chi connectivity index (χ4n) is 4.35. The Morgan fingerprint density at radius 3 is 1.58 bits per heavy atom. The molecule has 2 heteroatoms. The topological polar surface area (TPSA) is 24.7 Å². The van der Waals surface area contributed by atoms with Crippen LogP contribution in [0, 0.1) is 0 Å². The molecule has 0 aliphatic carbocycles. The molecular formula is C36H52N2. The molecule has 206 valence electrons. The number of allylic oxidation sites excluding steroid dienone is 2. The van der Waals surface area contributed by atoms with Crippen molar-refractivity contribution in [2.75, 3.05) is 0 Å². The van der Waals surface area contributed by atoms with Crippen molar-refractivity contribution in [2.24, 2.45) is 9.98 Å². The Labute approximate surface area is 234 Å². The first-order valence-corrected chi connectivity index (χ1v) is 15.4. The molecule has 2 rings (SSSR count). The van der Waals surface area contributed by atoms with Gasteiger partial charge in [0.15, 0.2) is 0 Å². The number of hydrogen-bond acceptors (Lipinski definition) is 2. The molecule has 2 aromatic carbocycles. The van der Waals surface area contributed by atoms with E-state index in [0.29, 0.717) is 0 Å². The summed E-state index contributed by atoms with van der Waals surface area (Å²) in [6.07, 6.45) is 29.7. The zero-order valence-corrected chi connectivity index (χ0v) is 24.5. The first-order valence-electron chi connectivity index (χ1n) is 15.4. The van der Waals surface area contributed by atoms with E-state index in [-0.39, 0.29) is 0 Å². The minimum atomic E-state index is 0.966. The third-order valence-electron chi connectivity index (χ3n) is 6.78. The standard InChI is InChI=1S/C36H52N2/c1-4-7-10-13-16-19-22-36(38-35-29-25-33(26-30-35)21-18-15-12-9-6-3)31-37-34-27-23-32(24-28-34)20-17-14-11-8-5-2/h17-18,20-21,23-31H,4-16,19,22H2,1-3H3. The highest BCUT2D eigenvalue weighted by Crippen LogP contribution is 2.18. The molecule has 0 heterocycles. The predicted octanol–water partition coefficient (Wildman–Crippen LogP) is 12.1. The highest BCUT2D eigenvalue weighted by molar-refractivity contribution is 6.31. The first kappa shape index (κ1) is 31.5. The maximum atomic E-state index is 4.98. The van der Waals surface area contributed by atoms with Crippen LogP contribution < -0.4 is 0 Å². The number of benzene rings is 2. The summed E-state index contributed by atoms with van der Waals surface area (Å²) in [7, 11) is 0. The molecule has 0 aromatic heterocycles. The molecule has 0 atom stereocenters. The Bertz CT molecular complexity index is 961. The number of nitrogens with zero attached hydrogens (tertiary/aromatic N) is 2. The molecule has 0 radical (unpaired) electrons. The molecule has 0 bridgehead atoms. The summed E-state index contributed by atoms with van der Waals surface area (Å²) >= 11 is 0. The first-order chi connectivity index (χ1) is 18.7. The van der Waals surface area contributed by atoms with Crippen LogP contribution in [0.25, 0.3) is 12.2 Å². The minimum Gasteiger partial charge on any atom is -0.255 e. The van der Waals surface area contributed by atoms with Crippen molar-refractivity contribution in [2.45, 2.75) is 117 Å². The predicted molar refractivity (Wildman–Crippen MR) is 172 cm³/mol. The zero-order valence-electron chi connectivity index (χ0n) is 24.5. The van der Waals surface area contributed by atoms with Crippen molar-refractivity contribution >= 4 is 35.5 Å². The largest absolute Gasteiger partial charge is 0.255 e. The molecule has 2 aromatic rings. The lowest BCUT2D eigenvalue weighted by Crippen LogP contribution is -2.00. The second-order valence-corrected chi connectivity index (χ2v) is 10.4. The fourth-order valence-corrected chi connectivity index (χ4v) is 4.35. The SMILES string of the molecule is CCCCCC=Cc1ccc(N=CC(CCCCCCCC)=Nc2ccc(C=CCCCCC)cc2)cc1. The number of rotatable bonds is 20. The average molecular weight is 513 g/mol. The number of unbranched alkanes of at least 4 members (excludes halogenated alkanes) is 11. The van der Waals surface area contributed by atoms with Gasteiger partial charge in [-0.1, -0.05) is 127 Å². The Balaban J connectivity index is 2.02. The van der Waals surface area contributed by atoms with Crippen molar-refractivity contribution in [1.29, 1.82) is 0 Å². The van der Waals surface area contributed by atoms with E-state index in [1.807, 2.05) is 6.21 Å². The quantitative estimate of drug-likeness (QED) is 0.124. The van der Waals surface area contributed by atoms with Crippen molar-refractivity contribution in [3.05, 3.63) is 71.8 Å². The molecular weight excluding hydrogens is 460 g/mol. The molecule has 0 fully saturated rings. The van der Waals surface area contributed by atoms with Crippen LogP contribution in [0.4, 0.5) is 11.4 Å². The highest BCUT2D eigenvalue weighted by atomic mass is 14.8. The van der Waals surface area contributed by atoms with Crippen LogP contribution >= 0.6 is 0 Å². The van der Waals surface area contributed by atoms with Gasteiger partial charge in [-0.25, -0.2) is 0 Å². The summed E-state index contributed by atoms with van der Waals surface area (Å²) in [5.41, 5.74) is 5.52. The van der Waals surface area contributed by atoms with Crippen LogP contribution in [-0.2, 0) is 0 Å². The second-order valence-electron chi connectivity index (χ2n) is 10.4. The van der Waals surface area contributed by atoms with Gasteiger partial charge in [0.05, 0.1) is 17.1 Å². The Morgan fingerprint density at radius 1 is 0.553 bits per heavy atom. The molecule has 0 saturated heterocycles. The molecule has 0 aliphatic rings. The highest BCUT2D eigenvalue weighted by Gasteiger charge is 2.00. The van der Waals surface area contributed by atoms with Crippen LogP contribution in [0.1, 0.15) is 128 Å². The Hall–Kier alpha value is -2.74. The summed E-state index contributed by atoms with van der Waals surface area (Å²) in [5.74, 6) is 0.